The summed E-state index contributed by atoms with van der Waals surface area (Å²) in [6.07, 6.45) is 0.0796. The lowest BCUT2D eigenvalue weighted by molar-refractivity contribution is -0.126. The maximum absolute atomic E-state index is 13.9. The molecule has 28 heavy (non-hydrogen) atoms. The van der Waals surface area contributed by atoms with E-state index in [2.05, 4.69) is 5.32 Å². The lowest BCUT2D eigenvalue weighted by Gasteiger charge is -2.21. The number of rotatable bonds is 6. The third-order valence-corrected chi connectivity index (χ3v) is 4.90. The highest BCUT2D eigenvalue weighted by molar-refractivity contribution is 6.01. The van der Waals surface area contributed by atoms with Gasteiger partial charge in [-0.25, -0.2) is 4.39 Å². The number of amides is 2. The van der Waals surface area contributed by atoms with Crippen molar-refractivity contribution in [1.82, 2.24) is 5.32 Å². The van der Waals surface area contributed by atoms with E-state index < -0.39 is 12.0 Å². The molecule has 0 bridgehead atoms. The van der Waals surface area contributed by atoms with E-state index in [1.54, 1.807) is 43.3 Å². The summed E-state index contributed by atoms with van der Waals surface area (Å²) in [4.78, 5) is 26.8. The van der Waals surface area contributed by atoms with E-state index >= 15 is 0 Å². The van der Waals surface area contributed by atoms with Crippen LogP contribution in [-0.4, -0.2) is 32.6 Å². The molecule has 1 aliphatic rings. The number of methoxy groups -OCH3 is 2. The molecule has 0 saturated carbocycles. The van der Waals surface area contributed by atoms with Gasteiger partial charge in [-0.2, -0.15) is 0 Å². The van der Waals surface area contributed by atoms with Crippen molar-refractivity contribution in [3.8, 4) is 11.5 Å². The van der Waals surface area contributed by atoms with Gasteiger partial charge in [-0.05, 0) is 25.1 Å². The Morgan fingerprint density at radius 3 is 2.64 bits per heavy atom. The van der Waals surface area contributed by atoms with Gasteiger partial charge in [0.1, 0.15) is 17.3 Å². The first kappa shape index (κ1) is 19.7. The van der Waals surface area contributed by atoms with Crippen molar-refractivity contribution >= 4 is 17.5 Å². The normalized spacial score (nSPS) is 17.4. The van der Waals surface area contributed by atoms with Crippen LogP contribution in [0.25, 0.3) is 0 Å². The molecule has 3 rings (SSSR count). The van der Waals surface area contributed by atoms with Gasteiger partial charge in [-0.3, -0.25) is 9.59 Å². The average Bonchev–Trinajstić information content (AvgIpc) is 3.09. The number of ether oxygens (including phenoxy) is 2. The van der Waals surface area contributed by atoms with Crippen LogP contribution in [0.5, 0.6) is 11.5 Å². The number of nitrogens with one attached hydrogen (secondary N) is 1. The minimum atomic E-state index is -0.530. The van der Waals surface area contributed by atoms with Crippen molar-refractivity contribution in [3.05, 3.63) is 53.8 Å². The molecular formula is C21H23FN2O4. The van der Waals surface area contributed by atoms with Gasteiger partial charge >= 0.3 is 0 Å². The summed E-state index contributed by atoms with van der Waals surface area (Å²) in [5.74, 6) is -0.253. The van der Waals surface area contributed by atoms with Gasteiger partial charge in [0, 0.05) is 24.6 Å². The second-order valence-corrected chi connectivity index (χ2v) is 6.69. The standard InChI is InChI=1S/C21H23FN2O4/c1-13(16-6-4-5-7-17(16)22)23-21(26)14-10-20(25)24(12-14)18-11-15(27-2)8-9-19(18)28-3/h4-9,11,13-14H,10,12H2,1-3H3,(H,23,26)/t13-,14-/m1/s1. The maximum Gasteiger partial charge on any atom is 0.227 e. The second kappa shape index (κ2) is 8.29. The van der Waals surface area contributed by atoms with E-state index in [9.17, 15) is 14.0 Å². The van der Waals surface area contributed by atoms with Gasteiger partial charge < -0.3 is 19.7 Å². The summed E-state index contributed by atoms with van der Waals surface area (Å²) in [6, 6.07) is 11.0. The smallest absolute Gasteiger partial charge is 0.227 e. The second-order valence-electron chi connectivity index (χ2n) is 6.69. The predicted octanol–water partition coefficient (Wildman–Crippen LogP) is 3.07. The first-order chi connectivity index (χ1) is 13.4. The van der Waals surface area contributed by atoms with Crippen LogP contribution in [0.4, 0.5) is 10.1 Å². The largest absolute Gasteiger partial charge is 0.497 e. The van der Waals surface area contributed by atoms with Gasteiger partial charge in [-0.1, -0.05) is 18.2 Å². The van der Waals surface area contributed by atoms with Gasteiger partial charge in [0.25, 0.3) is 0 Å². The Morgan fingerprint density at radius 2 is 1.96 bits per heavy atom. The zero-order chi connectivity index (χ0) is 20.3. The van der Waals surface area contributed by atoms with Gasteiger partial charge in [0.05, 0.1) is 31.9 Å². The van der Waals surface area contributed by atoms with Crippen molar-refractivity contribution in [3.63, 3.8) is 0 Å². The van der Waals surface area contributed by atoms with Crippen molar-refractivity contribution in [2.75, 3.05) is 25.7 Å². The highest BCUT2D eigenvalue weighted by Crippen LogP contribution is 2.36. The molecule has 6 nitrogen and oxygen atoms in total. The van der Waals surface area contributed by atoms with Crippen molar-refractivity contribution < 1.29 is 23.5 Å². The quantitative estimate of drug-likeness (QED) is 0.829. The number of benzene rings is 2. The maximum atomic E-state index is 13.9. The van der Waals surface area contributed by atoms with Crippen LogP contribution in [0, 0.1) is 11.7 Å². The van der Waals surface area contributed by atoms with Crippen molar-refractivity contribution in [2.24, 2.45) is 5.92 Å². The first-order valence-electron chi connectivity index (χ1n) is 9.01. The lowest BCUT2D eigenvalue weighted by atomic mass is 10.0. The molecular weight excluding hydrogens is 363 g/mol. The molecule has 7 heteroatoms. The lowest BCUT2D eigenvalue weighted by Crippen LogP contribution is -2.35. The number of carbonyl (C=O) groups excluding carboxylic acids is 2. The molecule has 2 amide bonds. The number of halogens is 1. The van der Waals surface area contributed by atoms with Crippen LogP contribution in [0.15, 0.2) is 42.5 Å². The average molecular weight is 386 g/mol. The fraction of sp³-hybridized carbons (Fsp3) is 0.333. The van der Waals surface area contributed by atoms with Crippen LogP contribution in [0.1, 0.15) is 24.9 Å². The van der Waals surface area contributed by atoms with E-state index in [0.717, 1.165) is 0 Å². The molecule has 0 unspecified atom stereocenters. The Bertz CT molecular complexity index is 886. The zero-order valence-corrected chi connectivity index (χ0v) is 16.1. The fourth-order valence-electron chi connectivity index (χ4n) is 3.36. The summed E-state index contributed by atoms with van der Waals surface area (Å²) in [5, 5.41) is 2.81. The van der Waals surface area contributed by atoms with Crippen LogP contribution in [0.2, 0.25) is 0 Å². The zero-order valence-electron chi connectivity index (χ0n) is 16.1. The number of hydrogen-bond acceptors (Lipinski definition) is 4. The molecule has 0 aromatic heterocycles. The molecule has 1 saturated heterocycles. The Kier molecular flexibility index (Phi) is 5.82. The van der Waals surface area contributed by atoms with Crippen LogP contribution in [0.3, 0.4) is 0 Å². The topological polar surface area (TPSA) is 67.9 Å². The molecule has 0 spiro atoms. The summed E-state index contributed by atoms with van der Waals surface area (Å²) >= 11 is 0. The number of anilines is 1. The van der Waals surface area contributed by atoms with Crippen LogP contribution in [-0.2, 0) is 9.59 Å². The Balaban J connectivity index is 1.74. The molecule has 0 aliphatic carbocycles. The summed E-state index contributed by atoms with van der Waals surface area (Å²) in [6.45, 7) is 1.94. The SMILES string of the molecule is COc1ccc(OC)c(N2C[C@H](C(=O)N[C@H](C)c3ccccc3F)CC2=O)c1. The van der Waals surface area contributed by atoms with Crippen molar-refractivity contribution in [1.29, 1.82) is 0 Å². The number of carbonyl (C=O) groups is 2. The minimum Gasteiger partial charge on any atom is -0.497 e. The van der Waals surface area contributed by atoms with E-state index in [0.29, 0.717) is 22.7 Å². The molecule has 148 valence electrons. The van der Waals surface area contributed by atoms with E-state index in [-0.39, 0.29) is 30.6 Å². The van der Waals surface area contributed by atoms with E-state index in [1.165, 1.54) is 25.2 Å². The Hall–Kier alpha value is -3.09. The summed E-state index contributed by atoms with van der Waals surface area (Å²) in [5.41, 5.74) is 0.968. The predicted molar refractivity (Wildman–Crippen MR) is 103 cm³/mol. The molecule has 1 fully saturated rings. The molecule has 0 radical (unpaired) electrons. The van der Waals surface area contributed by atoms with Crippen LogP contribution < -0.4 is 19.7 Å². The highest BCUT2D eigenvalue weighted by atomic mass is 19.1. The van der Waals surface area contributed by atoms with Gasteiger partial charge in [0.15, 0.2) is 0 Å². The third-order valence-electron chi connectivity index (χ3n) is 4.90. The highest BCUT2D eigenvalue weighted by Gasteiger charge is 2.37. The monoisotopic (exact) mass is 386 g/mol. The van der Waals surface area contributed by atoms with E-state index in [4.69, 9.17) is 9.47 Å². The number of nitrogens with zero attached hydrogens (tertiary/aromatic N) is 1. The third kappa shape index (κ3) is 3.93. The first-order valence-corrected chi connectivity index (χ1v) is 9.01. The molecule has 2 aromatic carbocycles. The Labute approximate surface area is 163 Å². The Morgan fingerprint density at radius 1 is 1.21 bits per heavy atom. The van der Waals surface area contributed by atoms with E-state index in [1.807, 2.05) is 0 Å². The minimum absolute atomic E-state index is 0.0796. The molecule has 1 heterocycles. The molecule has 2 aromatic rings. The van der Waals surface area contributed by atoms with Crippen molar-refractivity contribution in [2.45, 2.75) is 19.4 Å². The molecule has 1 N–H and O–H groups in total. The van der Waals surface area contributed by atoms with Crippen LogP contribution >= 0.6 is 0 Å². The number of hydrogen-bond donors (Lipinski definition) is 1. The van der Waals surface area contributed by atoms with Gasteiger partial charge in [0.2, 0.25) is 11.8 Å². The fourth-order valence-corrected chi connectivity index (χ4v) is 3.36. The summed E-state index contributed by atoms with van der Waals surface area (Å²) < 4.78 is 24.5. The molecule has 1 aliphatic heterocycles. The summed E-state index contributed by atoms with van der Waals surface area (Å²) in [7, 11) is 3.06. The molecule has 2 atom stereocenters. The van der Waals surface area contributed by atoms with Gasteiger partial charge in [-0.15, -0.1) is 0 Å².